The summed E-state index contributed by atoms with van der Waals surface area (Å²) in [6, 6.07) is 8.40. The number of carbonyl (C=O) groups is 4. The van der Waals surface area contributed by atoms with Crippen LogP contribution in [0.15, 0.2) is 40.8 Å². The molecule has 0 radical (unpaired) electrons. The minimum Gasteiger partial charge on any atom is -0.475 e. The molecule has 0 spiro atoms. The van der Waals surface area contributed by atoms with Crippen LogP contribution in [0.25, 0.3) is 0 Å². The summed E-state index contributed by atoms with van der Waals surface area (Å²) in [6.07, 6.45) is -0.0781. The van der Waals surface area contributed by atoms with Gasteiger partial charge in [-0.25, -0.2) is 9.59 Å². The highest BCUT2D eigenvalue weighted by Gasteiger charge is 2.40. The summed E-state index contributed by atoms with van der Waals surface area (Å²) in [7, 11) is 0. The Hall–Kier alpha value is -3.66. The number of nitrogens with one attached hydrogen (secondary N) is 1. The molecule has 1 aliphatic rings. The van der Waals surface area contributed by atoms with Crippen molar-refractivity contribution in [3.05, 3.63) is 59.0 Å². The van der Waals surface area contributed by atoms with Gasteiger partial charge in [0.2, 0.25) is 11.7 Å². The zero-order valence-corrected chi connectivity index (χ0v) is 22.7. The number of carbonyl (C=O) groups excluding carboxylic acids is 3. The Morgan fingerprint density at radius 2 is 1.63 bits per heavy atom. The zero-order valence-electron chi connectivity index (χ0n) is 22.7. The molecule has 1 aliphatic heterocycles. The Morgan fingerprint density at radius 3 is 2.21 bits per heavy atom. The quantitative estimate of drug-likeness (QED) is 0.494. The number of furan rings is 1. The van der Waals surface area contributed by atoms with E-state index in [-0.39, 0.29) is 18.1 Å². The molecule has 10 heteroatoms. The molecule has 206 valence electrons. The fraction of sp³-hybridized carbons (Fsp3) is 0.500. The fourth-order valence-corrected chi connectivity index (χ4v) is 4.15. The first-order chi connectivity index (χ1) is 17.6. The maximum atomic E-state index is 14.0. The number of ether oxygens (including phenoxy) is 2. The molecule has 1 aromatic carbocycles. The number of carboxylic acids is 1. The molecule has 1 aromatic heterocycles. The SMILES string of the molecule is CC(C)(C)OC(=O)C[C@@H](C(=O)OC(C)(C)C)N(Cc1ccc(C(=O)O)o1)C(=O)C1Cc2ccccc2CN1. The van der Waals surface area contributed by atoms with Crippen LogP contribution < -0.4 is 5.32 Å². The smallest absolute Gasteiger partial charge is 0.371 e. The van der Waals surface area contributed by atoms with E-state index >= 15 is 0 Å². The maximum Gasteiger partial charge on any atom is 0.371 e. The highest BCUT2D eigenvalue weighted by Crippen LogP contribution is 2.24. The van der Waals surface area contributed by atoms with Crippen molar-refractivity contribution in [2.24, 2.45) is 0 Å². The van der Waals surface area contributed by atoms with Crippen molar-refractivity contribution in [1.29, 1.82) is 0 Å². The third-order valence-corrected chi connectivity index (χ3v) is 5.70. The number of amides is 1. The lowest BCUT2D eigenvalue weighted by Crippen LogP contribution is -2.55. The Morgan fingerprint density at radius 1 is 1.00 bits per heavy atom. The Labute approximate surface area is 222 Å². The molecule has 1 unspecified atom stereocenters. The second kappa shape index (κ2) is 11.4. The molecule has 2 aromatic rings. The number of hydrogen-bond acceptors (Lipinski definition) is 8. The number of carboxylic acid groups (broad SMARTS) is 1. The maximum absolute atomic E-state index is 14.0. The lowest BCUT2D eigenvalue weighted by molar-refractivity contribution is -0.171. The molecule has 10 nitrogen and oxygen atoms in total. The summed E-state index contributed by atoms with van der Waals surface area (Å²) in [6.45, 7) is 10.4. The third kappa shape index (κ3) is 7.92. The number of benzene rings is 1. The van der Waals surface area contributed by atoms with E-state index in [2.05, 4.69) is 5.32 Å². The minimum atomic E-state index is -1.34. The van der Waals surface area contributed by atoms with Crippen LogP contribution in [0.5, 0.6) is 0 Å². The molecule has 3 rings (SSSR count). The number of rotatable bonds is 8. The molecule has 2 N–H and O–H groups in total. The van der Waals surface area contributed by atoms with E-state index in [1.165, 1.54) is 17.0 Å². The van der Waals surface area contributed by atoms with Gasteiger partial charge in [0.05, 0.1) is 19.0 Å². The lowest BCUT2D eigenvalue weighted by atomic mass is 9.94. The van der Waals surface area contributed by atoms with Gasteiger partial charge in [0.25, 0.3) is 0 Å². The average Bonchev–Trinajstić information content (AvgIpc) is 3.27. The molecule has 2 heterocycles. The van der Waals surface area contributed by atoms with Gasteiger partial charge in [0, 0.05) is 6.54 Å². The molecule has 2 atom stereocenters. The van der Waals surface area contributed by atoms with Gasteiger partial charge in [0.1, 0.15) is 23.0 Å². The number of aromatic carboxylic acids is 1. The number of fused-ring (bicyclic) bond motifs is 1. The molecular weight excluding hydrogens is 492 g/mol. The zero-order chi connectivity index (χ0) is 28.3. The highest BCUT2D eigenvalue weighted by molar-refractivity contribution is 5.91. The second-order valence-electron chi connectivity index (χ2n) is 11.3. The summed E-state index contributed by atoms with van der Waals surface area (Å²) in [5, 5.41) is 12.5. The molecule has 38 heavy (non-hydrogen) atoms. The largest absolute Gasteiger partial charge is 0.475 e. The van der Waals surface area contributed by atoms with Gasteiger partial charge in [-0.05, 0) is 71.2 Å². The van der Waals surface area contributed by atoms with Gasteiger partial charge in [-0.2, -0.15) is 0 Å². The average molecular weight is 529 g/mol. The summed E-state index contributed by atoms with van der Waals surface area (Å²) in [5.41, 5.74) is 0.367. The van der Waals surface area contributed by atoms with Crippen molar-refractivity contribution in [3.8, 4) is 0 Å². The summed E-state index contributed by atoms with van der Waals surface area (Å²) in [4.78, 5) is 52.8. The standard InChI is InChI=1S/C28H36N2O8/c1-27(2,3)37-23(31)14-21(26(35)38-28(4,5)6)30(16-19-11-12-22(36-19)25(33)34)24(32)20-13-17-9-7-8-10-18(17)15-29-20/h7-12,20-21,29H,13-16H2,1-6H3,(H,33,34)/t20?,21-/m0/s1. The van der Waals surface area contributed by atoms with E-state index in [1.807, 2.05) is 24.3 Å². The van der Waals surface area contributed by atoms with Crippen LogP contribution in [0.2, 0.25) is 0 Å². The van der Waals surface area contributed by atoms with E-state index < -0.39 is 53.5 Å². The summed E-state index contributed by atoms with van der Waals surface area (Å²) >= 11 is 0. The van der Waals surface area contributed by atoms with Crippen LogP contribution >= 0.6 is 0 Å². The fourth-order valence-electron chi connectivity index (χ4n) is 4.15. The molecule has 0 aliphatic carbocycles. The number of esters is 2. The first kappa shape index (κ1) is 28.9. The topological polar surface area (TPSA) is 135 Å². The third-order valence-electron chi connectivity index (χ3n) is 5.70. The van der Waals surface area contributed by atoms with Crippen LogP contribution in [0.4, 0.5) is 0 Å². The first-order valence-electron chi connectivity index (χ1n) is 12.5. The van der Waals surface area contributed by atoms with E-state index in [4.69, 9.17) is 13.9 Å². The Bertz CT molecular complexity index is 1190. The molecule has 0 bridgehead atoms. The predicted octanol–water partition coefficient (Wildman–Crippen LogP) is 3.46. The molecule has 0 saturated carbocycles. The van der Waals surface area contributed by atoms with E-state index in [9.17, 15) is 24.3 Å². The minimum absolute atomic E-state index is 0.143. The van der Waals surface area contributed by atoms with Crippen LogP contribution in [-0.4, -0.2) is 57.1 Å². The van der Waals surface area contributed by atoms with Gasteiger partial charge in [-0.3, -0.25) is 9.59 Å². The first-order valence-corrected chi connectivity index (χ1v) is 12.5. The summed E-state index contributed by atoms with van der Waals surface area (Å²) < 4.78 is 16.5. The number of hydrogen-bond donors (Lipinski definition) is 2. The van der Waals surface area contributed by atoms with Gasteiger partial charge in [0.15, 0.2) is 0 Å². The normalized spacial score (nSPS) is 16.2. The van der Waals surface area contributed by atoms with Crippen LogP contribution in [0.1, 0.15) is 75.4 Å². The summed E-state index contributed by atoms with van der Waals surface area (Å²) in [5.74, 6) is -3.34. The van der Waals surface area contributed by atoms with Crippen molar-refractivity contribution in [2.75, 3.05) is 0 Å². The van der Waals surface area contributed by atoms with Crippen molar-refractivity contribution in [1.82, 2.24) is 10.2 Å². The lowest BCUT2D eigenvalue weighted by Gasteiger charge is -2.36. The van der Waals surface area contributed by atoms with Crippen LogP contribution in [0, 0.1) is 0 Å². The monoisotopic (exact) mass is 528 g/mol. The molecular formula is C28H36N2O8. The van der Waals surface area contributed by atoms with E-state index in [0.29, 0.717) is 13.0 Å². The second-order valence-corrected chi connectivity index (χ2v) is 11.3. The van der Waals surface area contributed by atoms with Crippen molar-refractivity contribution in [3.63, 3.8) is 0 Å². The van der Waals surface area contributed by atoms with Gasteiger partial charge in [-0.1, -0.05) is 24.3 Å². The van der Waals surface area contributed by atoms with Crippen LogP contribution in [-0.2, 0) is 43.4 Å². The Kier molecular flexibility index (Phi) is 8.66. The number of nitrogens with zero attached hydrogens (tertiary/aromatic N) is 1. The molecule has 0 saturated heterocycles. The van der Waals surface area contributed by atoms with Crippen molar-refractivity contribution >= 4 is 23.8 Å². The van der Waals surface area contributed by atoms with Crippen molar-refractivity contribution in [2.45, 2.75) is 90.8 Å². The van der Waals surface area contributed by atoms with Gasteiger partial charge in [-0.15, -0.1) is 0 Å². The van der Waals surface area contributed by atoms with E-state index in [0.717, 1.165) is 11.1 Å². The van der Waals surface area contributed by atoms with Gasteiger partial charge < -0.3 is 29.2 Å². The predicted molar refractivity (Wildman–Crippen MR) is 137 cm³/mol. The van der Waals surface area contributed by atoms with Crippen molar-refractivity contribution < 1.29 is 38.2 Å². The van der Waals surface area contributed by atoms with E-state index in [1.54, 1.807) is 41.5 Å². The van der Waals surface area contributed by atoms with Crippen LogP contribution in [0.3, 0.4) is 0 Å². The Balaban J connectivity index is 1.99. The molecule has 1 amide bonds. The van der Waals surface area contributed by atoms with Gasteiger partial charge >= 0.3 is 17.9 Å². The molecule has 0 fully saturated rings. The highest BCUT2D eigenvalue weighted by atomic mass is 16.6.